The number of carbonyl (C=O) groups is 8. The van der Waals surface area contributed by atoms with Crippen LogP contribution in [0.25, 0.3) is 0 Å². The normalized spacial score (nSPS) is 12.4. The second kappa shape index (κ2) is 24.8. The van der Waals surface area contributed by atoms with Crippen LogP contribution in [-0.2, 0) is 33.5 Å². The van der Waals surface area contributed by atoms with E-state index in [0.29, 0.717) is 57.1 Å². The van der Waals surface area contributed by atoms with Crippen molar-refractivity contribution in [3.63, 3.8) is 0 Å². The molecule has 4 amide bonds. The molecule has 0 aliphatic carbocycles. The molecule has 0 saturated carbocycles. The van der Waals surface area contributed by atoms with Crippen LogP contribution in [0.15, 0.2) is 24.3 Å². The summed E-state index contributed by atoms with van der Waals surface area (Å²) in [6.07, 6.45) is 0.858. The van der Waals surface area contributed by atoms with Crippen molar-refractivity contribution in [2.45, 2.75) is 115 Å². The van der Waals surface area contributed by atoms with Gasteiger partial charge in [-0.15, -0.1) is 0 Å². The first kappa shape index (κ1) is 43.8. The molecule has 0 saturated heterocycles. The van der Waals surface area contributed by atoms with Gasteiger partial charge >= 0.3 is 30.0 Å². The Hall–Kier alpha value is -5.22. The van der Waals surface area contributed by atoms with Gasteiger partial charge in [0.2, 0.25) is 17.9 Å². The number of hydrogen-bond donors (Lipinski definition) is 8. The molecule has 17 nitrogen and oxygen atoms in total. The molecule has 284 valence electrons. The van der Waals surface area contributed by atoms with Crippen LogP contribution in [0, 0.1) is 6.92 Å². The van der Waals surface area contributed by atoms with E-state index in [4.69, 9.17) is 14.9 Å². The lowest BCUT2D eigenvalue weighted by Gasteiger charge is -2.17. The van der Waals surface area contributed by atoms with Crippen LogP contribution < -0.4 is 21.3 Å². The number of carboxylic acid groups (broad SMARTS) is 4. The molecular weight excluding hydrogens is 672 g/mol. The van der Waals surface area contributed by atoms with Gasteiger partial charge in [0.15, 0.2) is 0 Å². The highest BCUT2D eigenvalue weighted by Crippen LogP contribution is 2.10. The molecule has 0 aromatic heterocycles. The SMILES string of the molecule is Cc1ccc(C(=O)NCCCCC(NC(=O)CCCCCCC(=O)NCCCC[C@H](OC(=O)N[C@@H](CCC(=O)O)C(=O)O)C(=O)O)C(=O)O)cc1. The van der Waals surface area contributed by atoms with Crippen molar-refractivity contribution in [1.29, 1.82) is 0 Å². The summed E-state index contributed by atoms with van der Waals surface area (Å²) in [7, 11) is 0. The van der Waals surface area contributed by atoms with Gasteiger partial charge in [0, 0.05) is 37.9 Å². The first-order chi connectivity index (χ1) is 24.2. The molecule has 0 radical (unpaired) electrons. The predicted molar refractivity (Wildman–Crippen MR) is 181 cm³/mol. The third-order valence-corrected chi connectivity index (χ3v) is 7.69. The molecule has 51 heavy (non-hydrogen) atoms. The van der Waals surface area contributed by atoms with Crippen LogP contribution in [0.4, 0.5) is 4.79 Å². The van der Waals surface area contributed by atoms with E-state index in [1.807, 2.05) is 24.4 Å². The highest BCUT2D eigenvalue weighted by Gasteiger charge is 2.26. The van der Waals surface area contributed by atoms with E-state index in [-0.39, 0.29) is 56.4 Å². The van der Waals surface area contributed by atoms with Gasteiger partial charge in [0.25, 0.3) is 5.91 Å². The fourth-order valence-corrected chi connectivity index (χ4v) is 4.77. The summed E-state index contributed by atoms with van der Waals surface area (Å²) < 4.78 is 4.79. The van der Waals surface area contributed by atoms with E-state index < -0.39 is 61.0 Å². The van der Waals surface area contributed by atoms with Gasteiger partial charge in [-0.3, -0.25) is 19.2 Å². The van der Waals surface area contributed by atoms with Crippen LogP contribution in [0.3, 0.4) is 0 Å². The van der Waals surface area contributed by atoms with Crippen molar-refractivity contribution in [3.05, 3.63) is 35.4 Å². The Morgan fingerprint density at radius 3 is 1.71 bits per heavy atom. The van der Waals surface area contributed by atoms with E-state index in [1.165, 1.54) is 0 Å². The van der Waals surface area contributed by atoms with Crippen LogP contribution in [-0.4, -0.2) is 99.4 Å². The predicted octanol–water partition coefficient (Wildman–Crippen LogP) is 2.59. The summed E-state index contributed by atoms with van der Waals surface area (Å²) in [5, 5.41) is 46.5. The molecule has 17 heteroatoms. The number of ether oxygens (including phenoxy) is 1. The average molecular weight is 723 g/mol. The lowest BCUT2D eigenvalue weighted by Crippen LogP contribution is -2.43. The average Bonchev–Trinajstić information content (AvgIpc) is 3.06. The number of aliphatic carboxylic acids is 4. The summed E-state index contributed by atoms with van der Waals surface area (Å²) in [6, 6.07) is 4.57. The number of carboxylic acids is 4. The first-order valence-corrected chi connectivity index (χ1v) is 17.0. The van der Waals surface area contributed by atoms with Gasteiger partial charge in [0.05, 0.1) is 0 Å². The zero-order chi connectivity index (χ0) is 38.2. The quantitative estimate of drug-likeness (QED) is 0.0607. The molecular formula is C34H50N4O13. The molecule has 1 aromatic rings. The van der Waals surface area contributed by atoms with Gasteiger partial charge in [-0.25, -0.2) is 19.2 Å². The van der Waals surface area contributed by atoms with E-state index in [9.17, 15) is 48.6 Å². The fraction of sp³-hybridized carbons (Fsp3) is 0.588. The highest BCUT2D eigenvalue weighted by molar-refractivity contribution is 5.94. The zero-order valence-corrected chi connectivity index (χ0v) is 28.8. The molecule has 0 heterocycles. The Morgan fingerprint density at radius 2 is 1.14 bits per heavy atom. The second-order valence-corrected chi connectivity index (χ2v) is 12.0. The number of nitrogens with one attached hydrogen (secondary N) is 4. The van der Waals surface area contributed by atoms with Crippen LogP contribution in [0.5, 0.6) is 0 Å². The van der Waals surface area contributed by atoms with Gasteiger partial charge in [0.1, 0.15) is 12.1 Å². The van der Waals surface area contributed by atoms with Gasteiger partial charge in [-0.05, 0) is 76.8 Å². The molecule has 0 fully saturated rings. The van der Waals surface area contributed by atoms with Crippen molar-refractivity contribution < 1.29 is 63.5 Å². The van der Waals surface area contributed by atoms with Gasteiger partial charge in [-0.2, -0.15) is 0 Å². The zero-order valence-electron chi connectivity index (χ0n) is 28.8. The van der Waals surface area contributed by atoms with E-state index in [2.05, 4.69) is 16.0 Å². The third kappa shape index (κ3) is 20.8. The van der Waals surface area contributed by atoms with E-state index in [1.54, 1.807) is 12.1 Å². The van der Waals surface area contributed by atoms with Crippen molar-refractivity contribution in [1.82, 2.24) is 21.3 Å². The molecule has 8 N–H and O–H groups in total. The summed E-state index contributed by atoms with van der Waals surface area (Å²) in [5.74, 6) is -6.11. The van der Waals surface area contributed by atoms with Crippen molar-refractivity contribution >= 4 is 47.7 Å². The van der Waals surface area contributed by atoms with Crippen LogP contribution >= 0.6 is 0 Å². The second-order valence-electron chi connectivity index (χ2n) is 12.0. The van der Waals surface area contributed by atoms with Crippen molar-refractivity contribution in [2.75, 3.05) is 13.1 Å². The summed E-state index contributed by atoms with van der Waals surface area (Å²) >= 11 is 0. The van der Waals surface area contributed by atoms with Crippen molar-refractivity contribution in [2.24, 2.45) is 0 Å². The fourth-order valence-electron chi connectivity index (χ4n) is 4.77. The molecule has 0 aliphatic heterocycles. The monoisotopic (exact) mass is 722 g/mol. The third-order valence-electron chi connectivity index (χ3n) is 7.69. The molecule has 3 atom stereocenters. The smallest absolute Gasteiger partial charge is 0.408 e. The molecule has 1 aromatic carbocycles. The van der Waals surface area contributed by atoms with Crippen LogP contribution in [0.1, 0.15) is 106 Å². The minimum atomic E-state index is -1.57. The van der Waals surface area contributed by atoms with E-state index >= 15 is 0 Å². The number of carbonyl (C=O) groups excluding carboxylic acids is 4. The lowest BCUT2D eigenvalue weighted by atomic mass is 10.1. The first-order valence-electron chi connectivity index (χ1n) is 17.0. The lowest BCUT2D eigenvalue weighted by molar-refractivity contribution is -0.147. The standard InChI is InChI=1S/C34H50N4O13/c1-22-14-16-23(17-15-22)30(43)36-21-8-6-10-24(31(44)45)37-28(40)13-5-3-2-4-12-27(39)35-20-9-7-11-26(33(48)49)51-34(50)38-25(32(46)47)18-19-29(41)42/h14-17,24-26H,2-13,18-21H2,1H3,(H,35,39)(H,36,43)(H,37,40)(H,38,50)(H,41,42)(H,44,45)(H,46,47)(H,48,49)/t24?,25-,26-/m0/s1. The van der Waals surface area contributed by atoms with E-state index in [0.717, 1.165) is 5.56 Å². The Bertz CT molecular complexity index is 1320. The van der Waals surface area contributed by atoms with Crippen LogP contribution in [0.2, 0.25) is 0 Å². The minimum absolute atomic E-state index is 0.0963. The Balaban J connectivity index is 2.17. The summed E-state index contributed by atoms with van der Waals surface area (Å²) in [6.45, 7) is 2.56. The Kier molecular flexibility index (Phi) is 21.3. The molecule has 1 rings (SSSR count). The Labute approximate surface area is 295 Å². The number of alkyl carbamates (subject to hydrolysis) is 1. The summed E-state index contributed by atoms with van der Waals surface area (Å²) in [5.41, 5.74) is 1.59. The number of rotatable bonds is 27. The maximum absolute atomic E-state index is 12.3. The molecule has 1 unspecified atom stereocenters. The maximum Gasteiger partial charge on any atom is 0.408 e. The number of benzene rings is 1. The maximum atomic E-state index is 12.3. The highest BCUT2D eigenvalue weighted by atomic mass is 16.6. The molecule has 0 bridgehead atoms. The van der Waals surface area contributed by atoms with Gasteiger partial charge < -0.3 is 46.4 Å². The summed E-state index contributed by atoms with van der Waals surface area (Å²) in [4.78, 5) is 93.4. The number of aryl methyl sites for hydroxylation is 1. The number of amides is 4. The number of unbranched alkanes of at least 4 members (excludes halogenated alkanes) is 5. The molecule has 0 spiro atoms. The largest absolute Gasteiger partial charge is 0.481 e. The minimum Gasteiger partial charge on any atom is -0.481 e. The topological polar surface area (TPSA) is 275 Å². The Morgan fingerprint density at radius 1 is 0.588 bits per heavy atom. The molecule has 0 aliphatic rings. The van der Waals surface area contributed by atoms with Gasteiger partial charge in [-0.1, -0.05) is 30.5 Å². The van der Waals surface area contributed by atoms with Crippen molar-refractivity contribution in [3.8, 4) is 0 Å². The number of hydrogen-bond acceptors (Lipinski definition) is 9.